The average molecular weight is 247 g/mol. The molecule has 0 aliphatic carbocycles. The van der Waals surface area contributed by atoms with E-state index in [1.807, 2.05) is 30.5 Å². The number of ether oxygens (including phenoxy) is 1. The first kappa shape index (κ1) is 11.8. The molecule has 2 aromatic heterocycles. The molecule has 2 aromatic rings. The van der Waals surface area contributed by atoms with Crippen LogP contribution < -0.4 is 0 Å². The number of thiophene rings is 1. The van der Waals surface area contributed by atoms with Crippen molar-refractivity contribution in [3.8, 4) is 10.6 Å². The van der Waals surface area contributed by atoms with E-state index in [0.717, 1.165) is 10.6 Å². The zero-order valence-electron chi connectivity index (χ0n) is 9.77. The maximum atomic E-state index is 11.8. The van der Waals surface area contributed by atoms with Gasteiger partial charge in [-0.05, 0) is 37.4 Å². The zero-order valence-corrected chi connectivity index (χ0v) is 10.6. The van der Waals surface area contributed by atoms with Crippen molar-refractivity contribution in [1.82, 2.24) is 4.98 Å². The molecular weight excluding hydrogens is 234 g/mol. The van der Waals surface area contributed by atoms with E-state index in [2.05, 4.69) is 4.98 Å². The molecule has 0 amide bonds. The summed E-state index contributed by atoms with van der Waals surface area (Å²) in [5.74, 6) is -0.316. The predicted octanol–water partition coefficient (Wildman–Crippen LogP) is 3.30. The third-order valence-electron chi connectivity index (χ3n) is 2.28. The quantitative estimate of drug-likeness (QED) is 0.781. The van der Waals surface area contributed by atoms with E-state index in [0.29, 0.717) is 17.9 Å². The van der Waals surface area contributed by atoms with Gasteiger partial charge >= 0.3 is 5.97 Å². The molecule has 2 heterocycles. The van der Waals surface area contributed by atoms with Crippen LogP contribution in [0.15, 0.2) is 29.6 Å². The number of pyridine rings is 1. The lowest BCUT2D eigenvalue weighted by atomic mass is 10.1. The molecule has 0 bridgehead atoms. The molecule has 0 atom stereocenters. The van der Waals surface area contributed by atoms with Gasteiger partial charge in [-0.25, -0.2) is 4.79 Å². The standard InChI is InChI=1S/C13H13NO2S/c1-3-16-13(15)10-7-6-9(2)14-12(10)11-5-4-8-17-11/h4-8H,3H2,1-2H3. The van der Waals surface area contributed by atoms with Crippen molar-refractivity contribution >= 4 is 17.3 Å². The Morgan fingerprint density at radius 2 is 2.24 bits per heavy atom. The Balaban J connectivity index is 2.49. The molecule has 4 heteroatoms. The van der Waals surface area contributed by atoms with Gasteiger partial charge in [-0.1, -0.05) is 6.07 Å². The summed E-state index contributed by atoms with van der Waals surface area (Å²) in [6.45, 7) is 4.08. The molecule has 0 saturated heterocycles. The van der Waals surface area contributed by atoms with Crippen molar-refractivity contribution < 1.29 is 9.53 Å². The highest BCUT2D eigenvalue weighted by Crippen LogP contribution is 2.27. The van der Waals surface area contributed by atoms with Crippen LogP contribution in [-0.2, 0) is 4.74 Å². The van der Waals surface area contributed by atoms with Gasteiger partial charge in [0.15, 0.2) is 0 Å². The average Bonchev–Trinajstić information content (AvgIpc) is 2.82. The fourth-order valence-electron chi connectivity index (χ4n) is 1.53. The summed E-state index contributed by atoms with van der Waals surface area (Å²) in [7, 11) is 0. The second kappa shape index (κ2) is 5.10. The molecule has 3 nitrogen and oxygen atoms in total. The monoisotopic (exact) mass is 247 g/mol. The third kappa shape index (κ3) is 2.53. The number of hydrogen-bond acceptors (Lipinski definition) is 4. The molecule has 2 rings (SSSR count). The Hall–Kier alpha value is -1.68. The predicted molar refractivity (Wildman–Crippen MR) is 68.2 cm³/mol. The maximum absolute atomic E-state index is 11.8. The van der Waals surface area contributed by atoms with Crippen LogP contribution in [0.25, 0.3) is 10.6 Å². The zero-order chi connectivity index (χ0) is 12.3. The van der Waals surface area contributed by atoms with Gasteiger partial charge in [0, 0.05) is 5.69 Å². The van der Waals surface area contributed by atoms with Crippen molar-refractivity contribution in [2.24, 2.45) is 0 Å². The molecule has 88 valence electrons. The summed E-state index contributed by atoms with van der Waals surface area (Å²) in [4.78, 5) is 17.2. The van der Waals surface area contributed by atoms with Gasteiger partial charge in [-0.2, -0.15) is 0 Å². The van der Waals surface area contributed by atoms with Crippen LogP contribution >= 0.6 is 11.3 Å². The van der Waals surface area contributed by atoms with Crippen molar-refractivity contribution in [1.29, 1.82) is 0 Å². The molecule has 0 N–H and O–H groups in total. The SMILES string of the molecule is CCOC(=O)c1ccc(C)nc1-c1cccs1. The van der Waals surface area contributed by atoms with Crippen LogP contribution in [0.1, 0.15) is 23.0 Å². The van der Waals surface area contributed by atoms with Crippen LogP contribution in [0, 0.1) is 6.92 Å². The summed E-state index contributed by atoms with van der Waals surface area (Å²) in [5, 5.41) is 1.97. The van der Waals surface area contributed by atoms with Gasteiger partial charge in [-0.3, -0.25) is 4.98 Å². The Morgan fingerprint density at radius 1 is 1.41 bits per heavy atom. The minimum Gasteiger partial charge on any atom is -0.462 e. The van der Waals surface area contributed by atoms with Gasteiger partial charge < -0.3 is 4.74 Å². The molecule has 17 heavy (non-hydrogen) atoms. The molecule has 0 aromatic carbocycles. The van der Waals surface area contributed by atoms with E-state index >= 15 is 0 Å². The fourth-order valence-corrected chi connectivity index (χ4v) is 2.26. The number of carbonyl (C=O) groups excluding carboxylic acids is 1. The maximum Gasteiger partial charge on any atom is 0.340 e. The first-order valence-electron chi connectivity index (χ1n) is 5.41. The highest BCUT2D eigenvalue weighted by Gasteiger charge is 2.15. The van der Waals surface area contributed by atoms with Gasteiger partial charge in [0.2, 0.25) is 0 Å². The number of aryl methyl sites for hydroxylation is 1. The van der Waals surface area contributed by atoms with E-state index < -0.39 is 0 Å². The molecule has 0 saturated carbocycles. The number of carbonyl (C=O) groups is 1. The highest BCUT2D eigenvalue weighted by atomic mass is 32.1. The second-order valence-electron chi connectivity index (χ2n) is 3.55. The van der Waals surface area contributed by atoms with Crippen LogP contribution in [0.4, 0.5) is 0 Å². The van der Waals surface area contributed by atoms with E-state index in [-0.39, 0.29) is 5.97 Å². The largest absolute Gasteiger partial charge is 0.462 e. The summed E-state index contributed by atoms with van der Waals surface area (Å²) >= 11 is 1.56. The normalized spacial score (nSPS) is 10.2. The topological polar surface area (TPSA) is 39.2 Å². The first-order valence-corrected chi connectivity index (χ1v) is 6.29. The van der Waals surface area contributed by atoms with Crippen molar-refractivity contribution in [2.45, 2.75) is 13.8 Å². The number of aromatic nitrogens is 1. The molecular formula is C13H13NO2S. The molecule has 0 aliphatic heterocycles. The second-order valence-corrected chi connectivity index (χ2v) is 4.49. The molecule has 0 radical (unpaired) electrons. The number of esters is 1. The Bertz CT molecular complexity index is 520. The fraction of sp³-hybridized carbons (Fsp3) is 0.231. The van der Waals surface area contributed by atoms with Crippen molar-refractivity contribution in [3.63, 3.8) is 0 Å². The minimum atomic E-state index is -0.316. The summed E-state index contributed by atoms with van der Waals surface area (Å²) in [6, 6.07) is 7.49. The number of rotatable bonds is 3. The van der Waals surface area contributed by atoms with Crippen molar-refractivity contribution in [3.05, 3.63) is 40.9 Å². The lowest BCUT2D eigenvalue weighted by Crippen LogP contribution is -2.07. The summed E-state index contributed by atoms with van der Waals surface area (Å²) in [6.07, 6.45) is 0. The number of hydrogen-bond donors (Lipinski definition) is 0. The van der Waals surface area contributed by atoms with Gasteiger partial charge in [-0.15, -0.1) is 11.3 Å². The molecule has 0 fully saturated rings. The third-order valence-corrected chi connectivity index (χ3v) is 3.16. The van der Waals surface area contributed by atoms with Crippen molar-refractivity contribution in [2.75, 3.05) is 6.61 Å². The van der Waals surface area contributed by atoms with E-state index in [9.17, 15) is 4.79 Å². The Labute approximate surface area is 104 Å². The lowest BCUT2D eigenvalue weighted by molar-refractivity contribution is 0.0527. The minimum absolute atomic E-state index is 0.316. The van der Waals surface area contributed by atoms with E-state index in [4.69, 9.17) is 4.74 Å². The smallest absolute Gasteiger partial charge is 0.340 e. The van der Waals surface area contributed by atoms with Gasteiger partial charge in [0.25, 0.3) is 0 Å². The van der Waals surface area contributed by atoms with Crippen LogP contribution in [0.5, 0.6) is 0 Å². The summed E-state index contributed by atoms with van der Waals surface area (Å²) in [5.41, 5.74) is 2.12. The molecule has 0 aliphatic rings. The lowest BCUT2D eigenvalue weighted by Gasteiger charge is -2.07. The van der Waals surface area contributed by atoms with E-state index in [1.165, 1.54) is 0 Å². The number of nitrogens with zero attached hydrogens (tertiary/aromatic N) is 1. The summed E-state index contributed by atoms with van der Waals surface area (Å²) < 4.78 is 5.03. The first-order chi connectivity index (χ1) is 8.22. The Morgan fingerprint density at radius 3 is 2.88 bits per heavy atom. The molecule has 0 spiro atoms. The van der Waals surface area contributed by atoms with Crippen LogP contribution in [0.3, 0.4) is 0 Å². The van der Waals surface area contributed by atoms with E-state index in [1.54, 1.807) is 24.3 Å². The van der Waals surface area contributed by atoms with Gasteiger partial charge in [0.1, 0.15) is 0 Å². The highest BCUT2D eigenvalue weighted by molar-refractivity contribution is 7.13. The molecule has 0 unspecified atom stereocenters. The van der Waals surface area contributed by atoms with Gasteiger partial charge in [0.05, 0.1) is 22.7 Å². The Kier molecular flexibility index (Phi) is 3.54. The van der Waals surface area contributed by atoms with Crippen LogP contribution in [0.2, 0.25) is 0 Å². The van der Waals surface area contributed by atoms with Crippen LogP contribution in [-0.4, -0.2) is 17.6 Å².